The van der Waals surface area contributed by atoms with Crippen molar-refractivity contribution in [3.63, 3.8) is 0 Å². The number of carbonyl (C=O) groups excluding carboxylic acids is 2. The molecule has 3 N–H and O–H groups in total. The Morgan fingerprint density at radius 1 is 0.889 bits per heavy atom. The van der Waals surface area contributed by atoms with Crippen molar-refractivity contribution in [1.82, 2.24) is 9.97 Å². The number of hydrogen-bond donors (Lipinski definition) is 3. The zero-order valence-corrected chi connectivity index (χ0v) is 14.8. The first-order chi connectivity index (χ1) is 13.1. The van der Waals surface area contributed by atoms with Crippen LogP contribution in [0.25, 0.3) is 0 Å². The predicted octanol–water partition coefficient (Wildman–Crippen LogP) is 3.30. The Morgan fingerprint density at radius 2 is 1.70 bits per heavy atom. The maximum absolute atomic E-state index is 12.5. The second-order valence-corrected chi connectivity index (χ2v) is 5.89. The molecular formula is C20H19N5O2. The Labute approximate surface area is 156 Å². The highest BCUT2D eigenvalue weighted by molar-refractivity contribution is 6.05. The Bertz CT molecular complexity index is 944. The SMILES string of the molecule is CC(=O)Nc1cccc(NC(=O)c2cncc(NCc3cccnc3)c2)c1. The van der Waals surface area contributed by atoms with E-state index in [0.29, 0.717) is 23.5 Å². The van der Waals surface area contributed by atoms with E-state index < -0.39 is 0 Å². The Hall–Kier alpha value is -3.74. The maximum atomic E-state index is 12.5. The molecule has 2 heterocycles. The molecule has 3 aromatic rings. The molecule has 0 unspecified atom stereocenters. The van der Waals surface area contributed by atoms with Crippen LogP contribution < -0.4 is 16.0 Å². The number of hydrogen-bond acceptors (Lipinski definition) is 5. The van der Waals surface area contributed by atoms with Gasteiger partial charge in [0, 0.05) is 49.6 Å². The number of carbonyl (C=O) groups is 2. The van der Waals surface area contributed by atoms with Crippen molar-refractivity contribution >= 4 is 28.9 Å². The molecule has 0 aliphatic heterocycles. The standard InChI is InChI=1S/C20H19N5O2/c1-14(26)24-17-5-2-6-18(9-17)25-20(27)16-8-19(13-22-12-16)23-11-15-4-3-7-21-10-15/h2-10,12-13,23H,11H2,1H3,(H,24,26)(H,25,27). The number of anilines is 3. The lowest BCUT2D eigenvalue weighted by atomic mass is 10.2. The second kappa shape index (κ2) is 8.57. The third-order valence-electron chi connectivity index (χ3n) is 3.66. The van der Waals surface area contributed by atoms with Gasteiger partial charge in [0.25, 0.3) is 5.91 Å². The molecule has 3 rings (SSSR count). The minimum atomic E-state index is -0.285. The van der Waals surface area contributed by atoms with Crippen LogP contribution >= 0.6 is 0 Å². The summed E-state index contributed by atoms with van der Waals surface area (Å²) in [6.45, 7) is 2.01. The summed E-state index contributed by atoms with van der Waals surface area (Å²) in [6.07, 6.45) is 6.66. The van der Waals surface area contributed by atoms with Gasteiger partial charge in [-0.05, 0) is 35.9 Å². The Balaban J connectivity index is 1.65. The fourth-order valence-electron chi connectivity index (χ4n) is 2.45. The average molecular weight is 361 g/mol. The lowest BCUT2D eigenvalue weighted by Gasteiger charge is -2.10. The van der Waals surface area contributed by atoms with Crippen LogP contribution in [-0.4, -0.2) is 21.8 Å². The molecule has 2 aromatic heterocycles. The maximum Gasteiger partial charge on any atom is 0.257 e. The van der Waals surface area contributed by atoms with Gasteiger partial charge < -0.3 is 16.0 Å². The van der Waals surface area contributed by atoms with Crippen LogP contribution in [0.5, 0.6) is 0 Å². The van der Waals surface area contributed by atoms with Crippen molar-refractivity contribution in [3.05, 3.63) is 78.4 Å². The molecule has 0 spiro atoms. The van der Waals surface area contributed by atoms with Crippen molar-refractivity contribution in [3.8, 4) is 0 Å². The first-order valence-corrected chi connectivity index (χ1v) is 8.37. The van der Waals surface area contributed by atoms with Crippen molar-refractivity contribution in [2.45, 2.75) is 13.5 Å². The van der Waals surface area contributed by atoms with Crippen LogP contribution in [0, 0.1) is 0 Å². The fourth-order valence-corrected chi connectivity index (χ4v) is 2.45. The number of nitrogens with one attached hydrogen (secondary N) is 3. The molecule has 0 saturated heterocycles. The van der Waals surface area contributed by atoms with Crippen LogP contribution in [-0.2, 0) is 11.3 Å². The van der Waals surface area contributed by atoms with E-state index in [4.69, 9.17) is 0 Å². The zero-order valence-electron chi connectivity index (χ0n) is 14.8. The predicted molar refractivity (Wildman–Crippen MR) is 104 cm³/mol. The van der Waals surface area contributed by atoms with E-state index in [-0.39, 0.29) is 11.8 Å². The Kier molecular flexibility index (Phi) is 5.73. The molecule has 0 bridgehead atoms. The van der Waals surface area contributed by atoms with E-state index in [9.17, 15) is 9.59 Å². The van der Waals surface area contributed by atoms with Crippen molar-refractivity contribution in [2.75, 3.05) is 16.0 Å². The van der Waals surface area contributed by atoms with Gasteiger partial charge in [-0.3, -0.25) is 19.6 Å². The van der Waals surface area contributed by atoms with Gasteiger partial charge in [-0.15, -0.1) is 0 Å². The molecule has 0 radical (unpaired) electrons. The summed E-state index contributed by atoms with van der Waals surface area (Å²) in [5.74, 6) is -0.456. The van der Waals surface area contributed by atoms with Gasteiger partial charge in [0.05, 0.1) is 11.3 Å². The zero-order chi connectivity index (χ0) is 19.1. The van der Waals surface area contributed by atoms with Gasteiger partial charge in [0.1, 0.15) is 0 Å². The molecule has 136 valence electrons. The molecule has 2 amide bonds. The largest absolute Gasteiger partial charge is 0.380 e. The summed E-state index contributed by atoms with van der Waals surface area (Å²) in [5.41, 5.74) is 3.39. The first kappa shape index (κ1) is 18.1. The molecule has 7 nitrogen and oxygen atoms in total. The van der Waals surface area contributed by atoms with Gasteiger partial charge in [0.15, 0.2) is 0 Å². The van der Waals surface area contributed by atoms with Gasteiger partial charge in [-0.1, -0.05) is 12.1 Å². The van der Waals surface area contributed by atoms with Crippen LogP contribution in [0.3, 0.4) is 0 Å². The second-order valence-electron chi connectivity index (χ2n) is 5.89. The monoisotopic (exact) mass is 361 g/mol. The van der Waals surface area contributed by atoms with Gasteiger partial charge in [-0.25, -0.2) is 0 Å². The summed E-state index contributed by atoms with van der Waals surface area (Å²) in [5, 5.41) is 8.71. The molecule has 0 saturated carbocycles. The van der Waals surface area contributed by atoms with Gasteiger partial charge in [0.2, 0.25) is 5.91 Å². The number of benzene rings is 1. The highest BCUT2D eigenvalue weighted by Gasteiger charge is 2.08. The normalized spacial score (nSPS) is 10.1. The van der Waals surface area contributed by atoms with Gasteiger partial charge in [-0.2, -0.15) is 0 Å². The molecule has 27 heavy (non-hydrogen) atoms. The number of pyridine rings is 2. The third-order valence-corrected chi connectivity index (χ3v) is 3.66. The molecular weight excluding hydrogens is 342 g/mol. The molecule has 0 fully saturated rings. The van der Waals surface area contributed by atoms with E-state index in [0.717, 1.165) is 11.3 Å². The molecule has 1 aromatic carbocycles. The lowest BCUT2D eigenvalue weighted by molar-refractivity contribution is -0.114. The van der Waals surface area contributed by atoms with Crippen molar-refractivity contribution in [2.24, 2.45) is 0 Å². The van der Waals surface area contributed by atoms with Crippen molar-refractivity contribution in [1.29, 1.82) is 0 Å². The summed E-state index contributed by atoms with van der Waals surface area (Å²) in [7, 11) is 0. The van der Waals surface area contributed by atoms with Crippen LogP contribution in [0.4, 0.5) is 17.1 Å². The summed E-state index contributed by atoms with van der Waals surface area (Å²) in [6, 6.07) is 12.5. The summed E-state index contributed by atoms with van der Waals surface area (Å²) >= 11 is 0. The number of amides is 2. The summed E-state index contributed by atoms with van der Waals surface area (Å²) in [4.78, 5) is 31.8. The van der Waals surface area contributed by atoms with Crippen LogP contribution in [0.1, 0.15) is 22.8 Å². The first-order valence-electron chi connectivity index (χ1n) is 8.37. The minimum absolute atomic E-state index is 0.171. The smallest absolute Gasteiger partial charge is 0.257 e. The van der Waals surface area contributed by atoms with E-state index in [1.165, 1.54) is 13.1 Å². The Morgan fingerprint density at radius 3 is 2.44 bits per heavy atom. The van der Waals surface area contributed by atoms with E-state index >= 15 is 0 Å². The minimum Gasteiger partial charge on any atom is -0.380 e. The average Bonchev–Trinajstić information content (AvgIpc) is 2.67. The van der Waals surface area contributed by atoms with Crippen molar-refractivity contribution < 1.29 is 9.59 Å². The topological polar surface area (TPSA) is 96.0 Å². The third kappa shape index (κ3) is 5.37. The fraction of sp³-hybridized carbons (Fsp3) is 0.100. The number of rotatable bonds is 6. The summed E-state index contributed by atoms with van der Waals surface area (Å²) < 4.78 is 0. The van der Waals surface area contributed by atoms with Crippen LogP contribution in [0.15, 0.2) is 67.3 Å². The van der Waals surface area contributed by atoms with E-state index in [2.05, 4.69) is 25.9 Å². The molecule has 0 aliphatic carbocycles. The lowest BCUT2D eigenvalue weighted by Crippen LogP contribution is -2.13. The van der Waals surface area contributed by atoms with E-state index in [1.54, 1.807) is 48.9 Å². The quantitative estimate of drug-likeness (QED) is 0.626. The highest BCUT2D eigenvalue weighted by Crippen LogP contribution is 2.17. The molecule has 0 aliphatic rings. The number of aromatic nitrogens is 2. The number of nitrogens with zero attached hydrogens (tertiary/aromatic N) is 2. The van der Waals surface area contributed by atoms with Gasteiger partial charge >= 0.3 is 0 Å². The molecule has 0 atom stereocenters. The van der Waals surface area contributed by atoms with E-state index in [1.807, 2.05) is 12.1 Å². The van der Waals surface area contributed by atoms with Crippen LogP contribution in [0.2, 0.25) is 0 Å². The molecule has 7 heteroatoms. The highest BCUT2D eigenvalue weighted by atomic mass is 16.2.